The minimum atomic E-state index is 0.812. The number of methoxy groups -OCH3 is 1. The first-order valence-electron chi connectivity index (χ1n) is 8.63. The molecule has 0 bridgehead atoms. The van der Waals surface area contributed by atoms with Gasteiger partial charge in [-0.15, -0.1) is 0 Å². The lowest BCUT2D eigenvalue weighted by Crippen LogP contribution is -1.96. The van der Waals surface area contributed by atoms with Crippen LogP contribution in [0.15, 0.2) is 61.2 Å². The molecule has 1 aromatic carbocycles. The SMILES string of the molecule is COc1ccc2[nH]c3cnc(-c4cccnc4)cc3c2c1-c1ccnn1C. The monoisotopic (exact) mass is 355 g/mol. The largest absolute Gasteiger partial charge is 0.496 e. The van der Waals surface area contributed by atoms with Gasteiger partial charge in [0.1, 0.15) is 5.75 Å². The number of fused-ring (bicyclic) bond motifs is 3. The molecule has 4 aromatic heterocycles. The highest BCUT2D eigenvalue weighted by atomic mass is 16.5. The number of ether oxygens (including phenoxy) is 1. The van der Waals surface area contributed by atoms with Crippen LogP contribution in [0.5, 0.6) is 5.75 Å². The quantitative estimate of drug-likeness (QED) is 0.527. The third-order valence-corrected chi connectivity index (χ3v) is 4.86. The Morgan fingerprint density at radius 2 is 1.96 bits per heavy atom. The zero-order chi connectivity index (χ0) is 18.4. The van der Waals surface area contributed by atoms with Crippen molar-refractivity contribution in [3.05, 3.63) is 61.2 Å². The highest BCUT2D eigenvalue weighted by Crippen LogP contribution is 2.41. The molecule has 132 valence electrons. The van der Waals surface area contributed by atoms with Crippen LogP contribution < -0.4 is 4.74 Å². The molecule has 0 amide bonds. The fourth-order valence-electron chi connectivity index (χ4n) is 3.59. The first-order chi connectivity index (χ1) is 13.3. The van der Waals surface area contributed by atoms with Crippen molar-refractivity contribution in [1.29, 1.82) is 0 Å². The summed E-state index contributed by atoms with van der Waals surface area (Å²) in [6.45, 7) is 0. The van der Waals surface area contributed by atoms with Crippen LogP contribution >= 0.6 is 0 Å². The number of nitrogens with one attached hydrogen (secondary N) is 1. The number of benzene rings is 1. The van der Waals surface area contributed by atoms with Crippen molar-refractivity contribution in [3.8, 4) is 28.3 Å². The lowest BCUT2D eigenvalue weighted by molar-refractivity contribution is 0.416. The van der Waals surface area contributed by atoms with Crippen molar-refractivity contribution in [3.63, 3.8) is 0 Å². The molecule has 0 aliphatic carbocycles. The van der Waals surface area contributed by atoms with Crippen LogP contribution in [-0.4, -0.2) is 31.8 Å². The minimum Gasteiger partial charge on any atom is -0.496 e. The summed E-state index contributed by atoms with van der Waals surface area (Å²) in [4.78, 5) is 12.3. The number of hydrogen-bond donors (Lipinski definition) is 1. The molecular formula is C21H17N5O. The summed E-state index contributed by atoms with van der Waals surface area (Å²) < 4.78 is 7.55. The van der Waals surface area contributed by atoms with Crippen LogP contribution in [0.25, 0.3) is 44.3 Å². The van der Waals surface area contributed by atoms with Gasteiger partial charge in [0.2, 0.25) is 0 Å². The average Bonchev–Trinajstić information content (AvgIpc) is 3.30. The van der Waals surface area contributed by atoms with Crippen LogP contribution in [0.2, 0.25) is 0 Å². The number of hydrogen-bond acceptors (Lipinski definition) is 4. The fraction of sp³-hybridized carbons (Fsp3) is 0.0952. The predicted molar refractivity (Wildman–Crippen MR) is 106 cm³/mol. The molecule has 0 atom stereocenters. The van der Waals surface area contributed by atoms with Crippen molar-refractivity contribution < 1.29 is 4.74 Å². The van der Waals surface area contributed by atoms with Gasteiger partial charge in [0.15, 0.2) is 0 Å². The maximum atomic E-state index is 5.68. The molecule has 27 heavy (non-hydrogen) atoms. The fourth-order valence-corrected chi connectivity index (χ4v) is 3.59. The first-order valence-corrected chi connectivity index (χ1v) is 8.63. The molecule has 6 heteroatoms. The van der Waals surface area contributed by atoms with E-state index in [1.807, 2.05) is 54.5 Å². The zero-order valence-corrected chi connectivity index (χ0v) is 15.0. The van der Waals surface area contributed by atoms with Gasteiger partial charge in [-0.05, 0) is 36.4 Å². The number of nitrogens with zero attached hydrogens (tertiary/aromatic N) is 4. The van der Waals surface area contributed by atoms with E-state index in [2.05, 4.69) is 26.1 Å². The van der Waals surface area contributed by atoms with E-state index in [1.54, 1.807) is 19.5 Å². The Morgan fingerprint density at radius 1 is 1.04 bits per heavy atom. The van der Waals surface area contributed by atoms with E-state index in [9.17, 15) is 0 Å². The summed E-state index contributed by atoms with van der Waals surface area (Å²) in [5.74, 6) is 0.812. The van der Waals surface area contributed by atoms with Crippen LogP contribution in [0.1, 0.15) is 0 Å². The van der Waals surface area contributed by atoms with E-state index in [0.717, 1.165) is 50.1 Å². The smallest absolute Gasteiger partial charge is 0.129 e. The second kappa shape index (κ2) is 5.95. The highest BCUT2D eigenvalue weighted by molar-refractivity contribution is 6.15. The lowest BCUT2D eigenvalue weighted by atomic mass is 10.0. The van der Waals surface area contributed by atoms with E-state index in [1.165, 1.54) is 0 Å². The Balaban J connectivity index is 1.88. The summed E-state index contributed by atoms with van der Waals surface area (Å²) in [5, 5.41) is 6.52. The average molecular weight is 355 g/mol. The standard InChI is InChI=1S/C21H17N5O/c1-26-18(7-9-24-26)21-19(27-2)6-5-15-20(21)14-10-16(23-12-17(14)25-15)13-4-3-8-22-11-13/h3-12,25H,1-2H3. The van der Waals surface area contributed by atoms with Crippen LogP contribution in [0.3, 0.4) is 0 Å². The topological polar surface area (TPSA) is 68.6 Å². The second-order valence-corrected chi connectivity index (χ2v) is 6.39. The number of aryl methyl sites for hydroxylation is 1. The molecule has 0 saturated heterocycles. The molecule has 0 fully saturated rings. The van der Waals surface area contributed by atoms with Gasteiger partial charge in [-0.1, -0.05) is 0 Å². The molecule has 0 spiro atoms. The van der Waals surface area contributed by atoms with Crippen LogP contribution in [-0.2, 0) is 7.05 Å². The molecule has 1 N–H and O–H groups in total. The summed E-state index contributed by atoms with van der Waals surface area (Å²) in [6.07, 6.45) is 7.26. The molecule has 0 aliphatic rings. The number of aromatic amines is 1. The van der Waals surface area contributed by atoms with Gasteiger partial charge in [0.25, 0.3) is 0 Å². The molecular weight excluding hydrogens is 338 g/mol. The van der Waals surface area contributed by atoms with E-state index in [4.69, 9.17) is 4.74 Å². The Labute approximate surface area is 155 Å². The number of rotatable bonds is 3. The third-order valence-electron chi connectivity index (χ3n) is 4.86. The van der Waals surface area contributed by atoms with Gasteiger partial charge in [-0.2, -0.15) is 5.10 Å². The lowest BCUT2D eigenvalue weighted by Gasteiger charge is -2.11. The van der Waals surface area contributed by atoms with Gasteiger partial charge in [-0.3, -0.25) is 14.6 Å². The van der Waals surface area contributed by atoms with Crippen molar-refractivity contribution in [2.75, 3.05) is 7.11 Å². The number of aromatic nitrogens is 5. The Morgan fingerprint density at radius 3 is 2.70 bits per heavy atom. The molecule has 5 rings (SSSR count). The van der Waals surface area contributed by atoms with Crippen molar-refractivity contribution in [2.45, 2.75) is 0 Å². The number of pyridine rings is 2. The summed E-state index contributed by atoms with van der Waals surface area (Å²) in [6, 6.07) is 12.1. The molecule has 0 unspecified atom stereocenters. The van der Waals surface area contributed by atoms with E-state index in [0.29, 0.717) is 0 Å². The van der Waals surface area contributed by atoms with Crippen LogP contribution in [0, 0.1) is 0 Å². The molecule has 0 aliphatic heterocycles. The maximum absolute atomic E-state index is 5.68. The maximum Gasteiger partial charge on any atom is 0.129 e. The summed E-state index contributed by atoms with van der Waals surface area (Å²) >= 11 is 0. The zero-order valence-electron chi connectivity index (χ0n) is 15.0. The van der Waals surface area contributed by atoms with Gasteiger partial charge in [0, 0.05) is 47.5 Å². The minimum absolute atomic E-state index is 0.812. The van der Waals surface area contributed by atoms with Crippen molar-refractivity contribution in [1.82, 2.24) is 24.7 Å². The van der Waals surface area contributed by atoms with E-state index in [-0.39, 0.29) is 0 Å². The third kappa shape index (κ3) is 2.38. The van der Waals surface area contributed by atoms with E-state index >= 15 is 0 Å². The Hall–Kier alpha value is -3.67. The molecule has 6 nitrogen and oxygen atoms in total. The van der Waals surface area contributed by atoms with E-state index < -0.39 is 0 Å². The first kappa shape index (κ1) is 15.6. The van der Waals surface area contributed by atoms with Gasteiger partial charge >= 0.3 is 0 Å². The summed E-state index contributed by atoms with van der Waals surface area (Å²) in [5.41, 5.74) is 5.90. The molecule has 4 heterocycles. The van der Waals surface area contributed by atoms with Gasteiger partial charge in [0.05, 0.1) is 35.8 Å². The molecule has 5 aromatic rings. The van der Waals surface area contributed by atoms with Crippen LogP contribution in [0.4, 0.5) is 0 Å². The Kier molecular flexibility index (Phi) is 3.43. The van der Waals surface area contributed by atoms with Crippen molar-refractivity contribution in [2.24, 2.45) is 7.05 Å². The van der Waals surface area contributed by atoms with Crippen molar-refractivity contribution >= 4 is 21.8 Å². The number of H-pyrrole nitrogens is 1. The second-order valence-electron chi connectivity index (χ2n) is 6.39. The normalized spacial score (nSPS) is 11.3. The Bertz CT molecular complexity index is 1270. The highest BCUT2D eigenvalue weighted by Gasteiger charge is 2.18. The molecule has 0 saturated carbocycles. The molecule has 0 radical (unpaired) electrons. The predicted octanol–water partition coefficient (Wildman–Crippen LogP) is 4.19. The summed E-state index contributed by atoms with van der Waals surface area (Å²) in [7, 11) is 3.63. The van der Waals surface area contributed by atoms with Gasteiger partial charge in [-0.25, -0.2) is 0 Å². The van der Waals surface area contributed by atoms with Gasteiger partial charge < -0.3 is 9.72 Å².